The molecule has 1 aliphatic heterocycles. The molecule has 2 N–H and O–H groups in total. The van der Waals surface area contributed by atoms with Crippen LogP contribution in [0.15, 0.2) is 35.4 Å². The summed E-state index contributed by atoms with van der Waals surface area (Å²) in [5.74, 6) is 0.979. The van der Waals surface area contributed by atoms with Crippen LogP contribution >= 0.6 is 0 Å². The highest BCUT2D eigenvalue weighted by atomic mass is 16.2. The van der Waals surface area contributed by atoms with Gasteiger partial charge >= 0.3 is 6.03 Å². The van der Waals surface area contributed by atoms with Crippen molar-refractivity contribution in [3.05, 3.63) is 58.0 Å². The Morgan fingerprint density at radius 3 is 2.83 bits per heavy atom. The van der Waals surface area contributed by atoms with E-state index in [4.69, 9.17) is 0 Å². The largest absolute Gasteiger partial charge is 0.338 e. The molecule has 0 saturated carbocycles. The number of amides is 2. The third-order valence-electron chi connectivity index (χ3n) is 3.90. The maximum absolute atomic E-state index is 12.0. The molecule has 0 spiro atoms. The van der Waals surface area contributed by atoms with Gasteiger partial charge in [0.05, 0.1) is 0 Å². The molecule has 3 heterocycles. The van der Waals surface area contributed by atoms with Gasteiger partial charge < -0.3 is 15.2 Å². The molecule has 1 saturated heterocycles. The third-order valence-corrected chi connectivity index (χ3v) is 3.90. The Hall–Kier alpha value is -2.70. The lowest BCUT2D eigenvalue weighted by atomic mass is 9.93. The number of aryl methyl sites for hydroxylation is 1. The van der Waals surface area contributed by atoms with Crippen molar-refractivity contribution in [1.29, 1.82) is 0 Å². The normalized spacial score (nSPS) is 14.4. The fourth-order valence-electron chi connectivity index (χ4n) is 2.65. The summed E-state index contributed by atoms with van der Waals surface area (Å²) in [6.07, 6.45) is 4.05. The second-order valence-corrected chi connectivity index (χ2v) is 5.70. The van der Waals surface area contributed by atoms with Gasteiger partial charge in [-0.15, -0.1) is 0 Å². The zero-order chi connectivity index (χ0) is 16.2. The maximum Gasteiger partial charge on any atom is 0.317 e. The SMILES string of the molecule is Cc1cc(=O)[nH]c(CCNC(=O)N2CC(c3ccncc3)C2)n1. The smallest absolute Gasteiger partial charge is 0.317 e. The number of pyridine rings is 1. The molecule has 0 radical (unpaired) electrons. The van der Waals surface area contributed by atoms with E-state index in [1.54, 1.807) is 24.2 Å². The van der Waals surface area contributed by atoms with Crippen LogP contribution in [0.4, 0.5) is 4.79 Å². The first-order chi connectivity index (χ1) is 11.1. The first kappa shape index (κ1) is 15.2. The molecule has 2 aromatic heterocycles. The first-order valence-electron chi connectivity index (χ1n) is 7.61. The van der Waals surface area contributed by atoms with Crippen molar-refractivity contribution in [1.82, 2.24) is 25.2 Å². The van der Waals surface area contributed by atoms with E-state index in [-0.39, 0.29) is 11.6 Å². The molecular formula is C16H19N5O2. The van der Waals surface area contributed by atoms with Crippen molar-refractivity contribution in [3.8, 4) is 0 Å². The summed E-state index contributed by atoms with van der Waals surface area (Å²) in [5.41, 5.74) is 1.73. The average molecular weight is 313 g/mol. The van der Waals surface area contributed by atoms with Crippen LogP contribution in [0.2, 0.25) is 0 Å². The molecule has 0 bridgehead atoms. The van der Waals surface area contributed by atoms with Gasteiger partial charge in [-0.05, 0) is 24.6 Å². The van der Waals surface area contributed by atoms with Crippen LogP contribution in [0.1, 0.15) is 23.0 Å². The third kappa shape index (κ3) is 3.74. The van der Waals surface area contributed by atoms with Crippen molar-refractivity contribution in [2.24, 2.45) is 0 Å². The number of H-pyrrole nitrogens is 1. The fraction of sp³-hybridized carbons (Fsp3) is 0.375. The predicted octanol–water partition coefficient (Wildman–Crippen LogP) is 0.825. The Balaban J connectivity index is 1.43. The number of likely N-dealkylation sites (tertiary alicyclic amines) is 1. The molecule has 0 unspecified atom stereocenters. The van der Waals surface area contributed by atoms with E-state index in [0.717, 1.165) is 13.1 Å². The van der Waals surface area contributed by atoms with Crippen molar-refractivity contribution in [3.63, 3.8) is 0 Å². The summed E-state index contributed by atoms with van der Waals surface area (Å²) < 4.78 is 0. The van der Waals surface area contributed by atoms with Gasteiger partial charge in [-0.3, -0.25) is 9.78 Å². The molecule has 3 rings (SSSR count). The van der Waals surface area contributed by atoms with Crippen molar-refractivity contribution in [2.45, 2.75) is 19.3 Å². The number of hydrogen-bond donors (Lipinski definition) is 2. The van der Waals surface area contributed by atoms with E-state index in [1.165, 1.54) is 11.6 Å². The number of aromatic nitrogens is 3. The lowest BCUT2D eigenvalue weighted by Gasteiger charge is -2.39. The summed E-state index contributed by atoms with van der Waals surface area (Å²) in [4.78, 5) is 36.1. The minimum absolute atomic E-state index is 0.0784. The van der Waals surface area contributed by atoms with Crippen LogP contribution < -0.4 is 10.9 Å². The first-order valence-corrected chi connectivity index (χ1v) is 7.61. The van der Waals surface area contributed by atoms with E-state index in [0.29, 0.717) is 30.4 Å². The number of carbonyl (C=O) groups is 1. The lowest BCUT2D eigenvalue weighted by Crippen LogP contribution is -2.52. The second-order valence-electron chi connectivity index (χ2n) is 5.70. The van der Waals surface area contributed by atoms with Crippen LogP contribution in [0, 0.1) is 6.92 Å². The highest BCUT2D eigenvalue weighted by Gasteiger charge is 2.31. The fourth-order valence-corrected chi connectivity index (χ4v) is 2.65. The summed E-state index contributed by atoms with van der Waals surface area (Å²) in [6.45, 7) is 3.66. The summed E-state index contributed by atoms with van der Waals surface area (Å²) in [7, 11) is 0. The number of aromatic amines is 1. The Morgan fingerprint density at radius 2 is 2.13 bits per heavy atom. The summed E-state index contributed by atoms with van der Waals surface area (Å²) in [6, 6.07) is 5.34. The van der Waals surface area contributed by atoms with Crippen LogP contribution in [-0.4, -0.2) is 45.5 Å². The monoisotopic (exact) mass is 313 g/mol. The average Bonchev–Trinajstić information content (AvgIpc) is 2.46. The number of nitrogens with one attached hydrogen (secondary N) is 2. The maximum atomic E-state index is 12.0. The van der Waals surface area contributed by atoms with Gasteiger partial charge in [0.25, 0.3) is 5.56 Å². The number of rotatable bonds is 4. The molecule has 120 valence electrons. The zero-order valence-corrected chi connectivity index (χ0v) is 13.0. The molecule has 1 fully saturated rings. The summed E-state index contributed by atoms with van der Waals surface area (Å²) >= 11 is 0. The molecular weight excluding hydrogens is 294 g/mol. The molecule has 2 amide bonds. The van der Waals surface area contributed by atoms with E-state index in [1.807, 2.05) is 12.1 Å². The van der Waals surface area contributed by atoms with Gasteiger partial charge in [0.15, 0.2) is 0 Å². The Labute approximate surface area is 133 Å². The second kappa shape index (κ2) is 6.60. The van der Waals surface area contributed by atoms with Crippen molar-refractivity contribution in [2.75, 3.05) is 19.6 Å². The highest BCUT2D eigenvalue weighted by molar-refractivity contribution is 5.75. The predicted molar refractivity (Wildman–Crippen MR) is 85.2 cm³/mol. The van der Waals surface area contributed by atoms with Crippen molar-refractivity contribution >= 4 is 6.03 Å². The standard InChI is InChI=1S/C16H19N5O2/c1-11-8-15(22)20-14(19-11)4-7-18-16(23)21-9-13(10-21)12-2-5-17-6-3-12/h2-3,5-6,8,13H,4,7,9-10H2,1H3,(H,18,23)(H,19,20,22). The van der Waals surface area contributed by atoms with Crippen LogP contribution in [0.25, 0.3) is 0 Å². The number of urea groups is 1. The van der Waals surface area contributed by atoms with Crippen LogP contribution in [0.5, 0.6) is 0 Å². The molecule has 0 atom stereocenters. The van der Waals surface area contributed by atoms with E-state index < -0.39 is 0 Å². The van der Waals surface area contributed by atoms with Gasteiger partial charge in [0, 0.05) is 56.1 Å². The molecule has 0 aliphatic carbocycles. The van der Waals surface area contributed by atoms with Crippen LogP contribution in [-0.2, 0) is 6.42 Å². The van der Waals surface area contributed by atoms with E-state index in [9.17, 15) is 9.59 Å². The number of nitrogens with zero attached hydrogens (tertiary/aromatic N) is 3. The zero-order valence-electron chi connectivity index (χ0n) is 13.0. The Morgan fingerprint density at radius 1 is 1.39 bits per heavy atom. The Kier molecular flexibility index (Phi) is 4.36. The molecule has 0 aromatic carbocycles. The quantitative estimate of drug-likeness (QED) is 0.874. The number of hydrogen-bond acceptors (Lipinski definition) is 4. The summed E-state index contributed by atoms with van der Waals surface area (Å²) in [5, 5.41) is 2.86. The molecule has 1 aliphatic rings. The van der Waals surface area contributed by atoms with E-state index >= 15 is 0 Å². The topological polar surface area (TPSA) is 91.0 Å². The molecule has 2 aromatic rings. The van der Waals surface area contributed by atoms with E-state index in [2.05, 4.69) is 20.3 Å². The minimum Gasteiger partial charge on any atom is -0.338 e. The Bertz CT molecular complexity index is 738. The number of carbonyl (C=O) groups excluding carboxylic acids is 1. The molecule has 7 heteroatoms. The molecule has 23 heavy (non-hydrogen) atoms. The van der Waals surface area contributed by atoms with Gasteiger partial charge in [-0.1, -0.05) is 0 Å². The van der Waals surface area contributed by atoms with Gasteiger partial charge in [-0.25, -0.2) is 9.78 Å². The van der Waals surface area contributed by atoms with Crippen molar-refractivity contribution < 1.29 is 4.79 Å². The van der Waals surface area contributed by atoms with Gasteiger partial charge in [0.2, 0.25) is 0 Å². The minimum atomic E-state index is -0.165. The van der Waals surface area contributed by atoms with Crippen LogP contribution in [0.3, 0.4) is 0 Å². The van der Waals surface area contributed by atoms with Gasteiger partial charge in [-0.2, -0.15) is 0 Å². The highest BCUT2D eigenvalue weighted by Crippen LogP contribution is 2.26. The van der Waals surface area contributed by atoms with Gasteiger partial charge in [0.1, 0.15) is 5.82 Å². The lowest BCUT2D eigenvalue weighted by molar-refractivity contribution is 0.151. The molecule has 7 nitrogen and oxygen atoms in total.